The first-order chi connectivity index (χ1) is 14.7. The fraction of sp³-hybridized carbons (Fsp3) is 0.273. The molecule has 2 aromatic carbocycles. The summed E-state index contributed by atoms with van der Waals surface area (Å²) in [5.74, 6) is -3.27. The second-order valence-corrected chi connectivity index (χ2v) is 6.51. The summed E-state index contributed by atoms with van der Waals surface area (Å²) in [6, 6.07) is 5.84. The number of benzene rings is 2. The van der Waals surface area contributed by atoms with Crippen LogP contribution in [0.4, 0.5) is 0 Å². The summed E-state index contributed by atoms with van der Waals surface area (Å²) in [5, 5.41) is 18.8. The standard InChI is InChI=1S/C22H22O9/c1-29-18-9-13(10-19(30-2)22(18)31-3)21(28)17(26)6-4-5-16(25)20(27)12-7-14(23)11-15(24)8-12/h7-11,23-24H,4-6H2,1-3H3. The van der Waals surface area contributed by atoms with Crippen molar-refractivity contribution in [2.75, 3.05) is 21.3 Å². The van der Waals surface area contributed by atoms with E-state index in [-0.39, 0.29) is 59.1 Å². The van der Waals surface area contributed by atoms with Gasteiger partial charge < -0.3 is 24.4 Å². The number of aromatic hydroxyl groups is 2. The van der Waals surface area contributed by atoms with E-state index in [1.54, 1.807) is 0 Å². The van der Waals surface area contributed by atoms with Crippen molar-refractivity contribution in [1.29, 1.82) is 0 Å². The van der Waals surface area contributed by atoms with Gasteiger partial charge in [-0.3, -0.25) is 19.2 Å². The Morgan fingerprint density at radius 2 is 1.10 bits per heavy atom. The molecule has 0 bridgehead atoms. The Hall–Kier alpha value is -3.88. The van der Waals surface area contributed by atoms with Gasteiger partial charge in [-0.25, -0.2) is 0 Å². The number of phenolic OH excluding ortho intramolecular Hbond substituents is 2. The molecule has 0 heterocycles. The lowest BCUT2D eigenvalue weighted by Crippen LogP contribution is -2.17. The van der Waals surface area contributed by atoms with Gasteiger partial charge in [-0.2, -0.15) is 0 Å². The van der Waals surface area contributed by atoms with Crippen LogP contribution < -0.4 is 14.2 Å². The van der Waals surface area contributed by atoms with Crippen LogP contribution in [-0.2, 0) is 9.59 Å². The molecule has 0 aliphatic carbocycles. The maximum absolute atomic E-state index is 12.5. The van der Waals surface area contributed by atoms with Gasteiger partial charge in [0.15, 0.2) is 11.5 Å². The number of hydrogen-bond acceptors (Lipinski definition) is 9. The summed E-state index contributed by atoms with van der Waals surface area (Å²) in [6.07, 6.45) is -0.548. The fourth-order valence-corrected chi connectivity index (χ4v) is 2.90. The van der Waals surface area contributed by atoms with Gasteiger partial charge in [-0.1, -0.05) is 0 Å². The van der Waals surface area contributed by atoms with Gasteiger partial charge in [0.1, 0.15) is 11.5 Å². The van der Waals surface area contributed by atoms with E-state index in [1.165, 1.54) is 33.5 Å². The zero-order chi connectivity index (χ0) is 23.1. The largest absolute Gasteiger partial charge is 0.508 e. The summed E-state index contributed by atoms with van der Waals surface area (Å²) >= 11 is 0. The average Bonchev–Trinajstić information content (AvgIpc) is 2.75. The normalized spacial score (nSPS) is 10.3. The van der Waals surface area contributed by atoms with E-state index >= 15 is 0 Å². The molecule has 0 aromatic heterocycles. The third-order valence-corrected chi connectivity index (χ3v) is 4.41. The van der Waals surface area contributed by atoms with Crippen molar-refractivity contribution in [1.82, 2.24) is 0 Å². The van der Waals surface area contributed by atoms with Gasteiger partial charge >= 0.3 is 0 Å². The van der Waals surface area contributed by atoms with E-state index in [9.17, 15) is 29.4 Å². The zero-order valence-electron chi connectivity index (χ0n) is 17.3. The van der Waals surface area contributed by atoms with Crippen LogP contribution in [0.25, 0.3) is 0 Å². The Morgan fingerprint density at radius 1 is 0.677 bits per heavy atom. The number of carbonyl (C=O) groups is 4. The third-order valence-electron chi connectivity index (χ3n) is 4.41. The summed E-state index contributed by atoms with van der Waals surface area (Å²) in [7, 11) is 4.16. The predicted octanol–water partition coefficient (Wildman–Crippen LogP) is 2.50. The highest BCUT2D eigenvalue weighted by atomic mass is 16.5. The fourth-order valence-electron chi connectivity index (χ4n) is 2.90. The quantitative estimate of drug-likeness (QED) is 0.407. The molecule has 2 aromatic rings. The minimum atomic E-state index is -0.908. The highest BCUT2D eigenvalue weighted by Gasteiger charge is 2.23. The molecule has 31 heavy (non-hydrogen) atoms. The van der Waals surface area contributed by atoms with Crippen molar-refractivity contribution >= 4 is 23.1 Å². The second kappa shape index (κ2) is 10.2. The van der Waals surface area contributed by atoms with Crippen molar-refractivity contribution in [3.63, 3.8) is 0 Å². The topological polar surface area (TPSA) is 136 Å². The molecule has 164 valence electrons. The van der Waals surface area contributed by atoms with Crippen molar-refractivity contribution in [3.05, 3.63) is 41.5 Å². The number of rotatable bonds is 11. The lowest BCUT2D eigenvalue weighted by Gasteiger charge is -2.13. The Labute approximate surface area is 178 Å². The lowest BCUT2D eigenvalue weighted by molar-refractivity contribution is -0.116. The molecule has 9 heteroatoms. The van der Waals surface area contributed by atoms with E-state index < -0.39 is 23.1 Å². The maximum atomic E-state index is 12.5. The Kier molecular flexibility index (Phi) is 7.73. The molecular formula is C22H22O9. The number of Topliss-reactive ketones (excluding diaryl/α,β-unsaturated/α-hetero) is 4. The second-order valence-electron chi connectivity index (χ2n) is 6.51. The summed E-state index contributed by atoms with van der Waals surface area (Å²) in [6.45, 7) is 0. The monoisotopic (exact) mass is 430 g/mol. The number of ether oxygens (including phenoxy) is 3. The van der Waals surface area contributed by atoms with Gasteiger partial charge in [-0.15, -0.1) is 0 Å². The van der Waals surface area contributed by atoms with Gasteiger partial charge in [-0.05, 0) is 30.7 Å². The molecule has 0 fully saturated rings. The van der Waals surface area contributed by atoms with Crippen LogP contribution in [0.3, 0.4) is 0 Å². The van der Waals surface area contributed by atoms with Crippen LogP contribution in [0.1, 0.15) is 40.0 Å². The highest BCUT2D eigenvalue weighted by molar-refractivity contribution is 6.45. The minimum Gasteiger partial charge on any atom is -0.508 e. The maximum Gasteiger partial charge on any atom is 0.228 e. The first kappa shape index (κ1) is 23.4. The van der Waals surface area contributed by atoms with Crippen LogP contribution in [0.2, 0.25) is 0 Å². The molecular weight excluding hydrogens is 408 g/mol. The Bertz CT molecular complexity index is 978. The number of methoxy groups -OCH3 is 3. The number of ketones is 4. The van der Waals surface area contributed by atoms with Gasteiger partial charge in [0.2, 0.25) is 28.9 Å². The number of phenols is 2. The van der Waals surface area contributed by atoms with Crippen LogP contribution in [0.15, 0.2) is 30.3 Å². The minimum absolute atomic E-state index is 0.0234. The molecule has 9 nitrogen and oxygen atoms in total. The molecule has 0 radical (unpaired) electrons. The van der Waals surface area contributed by atoms with Crippen LogP contribution in [-0.4, -0.2) is 54.7 Å². The summed E-state index contributed by atoms with van der Waals surface area (Å²) in [5.41, 5.74) is -0.125. The first-order valence-corrected chi connectivity index (χ1v) is 9.19. The van der Waals surface area contributed by atoms with Crippen LogP contribution >= 0.6 is 0 Å². The molecule has 2 N–H and O–H groups in total. The van der Waals surface area contributed by atoms with E-state index in [0.717, 1.165) is 18.2 Å². The first-order valence-electron chi connectivity index (χ1n) is 9.19. The van der Waals surface area contributed by atoms with Gasteiger partial charge in [0.25, 0.3) is 0 Å². The molecule has 0 saturated carbocycles. The van der Waals surface area contributed by atoms with Crippen LogP contribution in [0, 0.1) is 0 Å². The van der Waals surface area contributed by atoms with E-state index in [2.05, 4.69) is 0 Å². The summed E-state index contributed by atoms with van der Waals surface area (Å²) in [4.78, 5) is 48.9. The smallest absolute Gasteiger partial charge is 0.228 e. The molecule has 0 aliphatic rings. The molecule has 2 rings (SSSR count). The zero-order valence-corrected chi connectivity index (χ0v) is 17.3. The number of hydrogen-bond donors (Lipinski definition) is 2. The van der Waals surface area contributed by atoms with Crippen LogP contribution in [0.5, 0.6) is 28.7 Å². The van der Waals surface area contributed by atoms with Crippen molar-refractivity contribution < 1.29 is 43.6 Å². The molecule has 0 amide bonds. The third kappa shape index (κ3) is 5.59. The summed E-state index contributed by atoms with van der Waals surface area (Å²) < 4.78 is 15.5. The van der Waals surface area contributed by atoms with E-state index in [0.29, 0.717) is 0 Å². The van der Waals surface area contributed by atoms with E-state index in [4.69, 9.17) is 14.2 Å². The van der Waals surface area contributed by atoms with Gasteiger partial charge in [0, 0.05) is 30.0 Å². The van der Waals surface area contributed by atoms with Crippen molar-refractivity contribution in [3.8, 4) is 28.7 Å². The molecule has 0 saturated heterocycles. The molecule has 0 aliphatic heterocycles. The molecule has 0 spiro atoms. The Balaban J connectivity index is 2.02. The highest BCUT2D eigenvalue weighted by Crippen LogP contribution is 2.38. The molecule has 0 atom stereocenters. The van der Waals surface area contributed by atoms with Gasteiger partial charge in [0.05, 0.1) is 21.3 Å². The van der Waals surface area contributed by atoms with Crippen molar-refractivity contribution in [2.45, 2.75) is 19.3 Å². The van der Waals surface area contributed by atoms with E-state index in [1.807, 2.05) is 0 Å². The number of carbonyl (C=O) groups excluding carboxylic acids is 4. The average molecular weight is 430 g/mol. The SMILES string of the molecule is COc1cc(C(=O)C(=O)CCCC(=O)C(=O)c2cc(O)cc(O)c2)cc(OC)c1OC. The van der Waals surface area contributed by atoms with Crippen molar-refractivity contribution in [2.24, 2.45) is 0 Å². The Morgan fingerprint density at radius 3 is 1.48 bits per heavy atom. The molecule has 0 unspecified atom stereocenters. The lowest BCUT2D eigenvalue weighted by atomic mass is 9.99. The predicted molar refractivity (Wildman–Crippen MR) is 108 cm³/mol.